The highest BCUT2D eigenvalue weighted by Crippen LogP contribution is 2.60. The summed E-state index contributed by atoms with van der Waals surface area (Å²) in [6.45, 7) is 6.87. The molecule has 0 heterocycles. The summed E-state index contributed by atoms with van der Waals surface area (Å²) in [4.78, 5) is 0. The van der Waals surface area contributed by atoms with Crippen LogP contribution in [0.25, 0.3) is 0 Å². The topological polar surface area (TPSA) is 32.3 Å². The molecule has 2 rings (SSSR count). The molecule has 0 radical (unpaired) electrons. The van der Waals surface area contributed by atoms with Gasteiger partial charge < -0.3 is 10.4 Å². The molecule has 2 aliphatic rings. The van der Waals surface area contributed by atoms with E-state index in [0.29, 0.717) is 23.8 Å². The maximum atomic E-state index is 10.3. The fourth-order valence-electron chi connectivity index (χ4n) is 4.33. The molecular weight excluding hydrogens is 174 g/mol. The summed E-state index contributed by atoms with van der Waals surface area (Å²) in [6.07, 6.45) is 2.36. The van der Waals surface area contributed by atoms with Crippen molar-refractivity contribution in [3.63, 3.8) is 0 Å². The van der Waals surface area contributed by atoms with Crippen molar-refractivity contribution < 1.29 is 5.11 Å². The molecule has 14 heavy (non-hydrogen) atoms. The second-order valence-corrected chi connectivity index (χ2v) is 5.74. The second kappa shape index (κ2) is 3.21. The third-order valence-corrected chi connectivity index (χ3v) is 4.77. The number of fused-ring (bicyclic) bond motifs is 2. The van der Waals surface area contributed by atoms with Crippen LogP contribution in [-0.2, 0) is 0 Å². The Morgan fingerprint density at radius 3 is 2.43 bits per heavy atom. The number of likely N-dealkylation sites (N-methyl/N-ethyl adjacent to an activating group) is 1. The van der Waals surface area contributed by atoms with E-state index in [0.717, 1.165) is 0 Å². The fraction of sp³-hybridized carbons (Fsp3) is 1.00. The zero-order valence-electron chi connectivity index (χ0n) is 9.75. The normalized spacial score (nSPS) is 51.9. The van der Waals surface area contributed by atoms with Gasteiger partial charge in [0.25, 0.3) is 0 Å². The minimum atomic E-state index is -0.140. The van der Waals surface area contributed by atoms with Crippen LogP contribution < -0.4 is 5.32 Å². The van der Waals surface area contributed by atoms with Crippen molar-refractivity contribution in [2.75, 3.05) is 7.05 Å². The molecule has 2 saturated carbocycles. The third-order valence-electron chi connectivity index (χ3n) is 4.77. The van der Waals surface area contributed by atoms with Crippen LogP contribution in [0.5, 0.6) is 0 Å². The van der Waals surface area contributed by atoms with Gasteiger partial charge in [0.2, 0.25) is 0 Å². The van der Waals surface area contributed by atoms with Crippen molar-refractivity contribution in [2.24, 2.45) is 23.2 Å². The smallest absolute Gasteiger partial charge is 0.0752 e. The van der Waals surface area contributed by atoms with E-state index in [1.54, 1.807) is 0 Å². The van der Waals surface area contributed by atoms with Gasteiger partial charge in [0, 0.05) is 6.04 Å². The molecule has 2 fully saturated rings. The summed E-state index contributed by atoms with van der Waals surface area (Å²) in [6, 6.07) is 0.334. The van der Waals surface area contributed by atoms with Crippen molar-refractivity contribution in [1.82, 2.24) is 5.32 Å². The first kappa shape index (κ1) is 10.4. The lowest BCUT2D eigenvalue weighted by molar-refractivity contribution is 0.0129. The molecule has 2 bridgehead atoms. The molecular formula is C12H23NO. The van der Waals surface area contributed by atoms with Crippen molar-refractivity contribution in [3.05, 3.63) is 0 Å². The van der Waals surface area contributed by atoms with E-state index in [-0.39, 0.29) is 11.5 Å². The van der Waals surface area contributed by atoms with Crippen LogP contribution in [0.3, 0.4) is 0 Å². The molecule has 0 spiro atoms. The Labute approximate surface area is 87.1 Å². The van der Waals surface area contributed by atoms with Gasteiger partial charge in [-0.25, -0.2) is 0 Å². The number of hydrogen-bond acceptors (Lipinski definition) is 2. The Bertz CT molecular complexity index is 228. The van der Waals surface area contributed by atoms with Gasteiger partial charge in [0.05, 0.1) is 6.10 Å². The van der Waals surface area contributed by atoms with E-state index in [2.05, 4.69) is 26.1 Å². The van der Waals surface area contributed by atoms with Gasteiger partial charge >= 0.3 is 0 Å². The van der Waals surface area contributed by atoms with Crippen LogP contribution in [0.15, 0.2) is 0 Å². The first-order valence-corrected chi connectivity index (χ1v) is 5.87. The lowest BCUT2D eigenvalue weighted by Gasteiger charge is -2.34. The summed E-state index contributed by atoms with van der Waals surface area (Å²) in [5.41, 5.74) is 0.173. The predicted molar refractivity (Wildman–Crippen MR) is 58.0 cm³/mol. The van der Waals surface area contributed by atoms with Gasteiger partial charge in [-0.3, -0.25) is 0 Å². The SMILES string of the molecule is CNC1C2CC[C@@](C)(C1O)C2C(C)C. The van der Waals surface area contributed by atoms with Crippen LogP contribution in [0.1, 0.15) is 33.6 Å². The minimum absolute atomic E-state index is 0.140. The number of hydrogen-bond donors (Lipinski definition) is 2. The molecule has 2 aliphatic carbocycles. The number of aliphatic hydroxyl groups is 1. The number of nitrogens with one attached hydrogen (secondary N) is 1. The highest BCUT2D eigenvalue weighted by atomic mass is 16.3. The quantitative estimate of drug-likeness (QED) is 0.705. The molecule has 0 amide bonds. The van der Waals surface area contributed by atoms with E-state index in [9.17, 15) is 5.11 Å². The maximum Gasteiger partial charge on any atom is 0.0752 e. The van der Waals surface area contributed by atoms with Crippen LogP contribution in [0, 0.1) is 23.2 Å². The van der Waals surface area contributed by atoms with Crippen molar-refractivity contribution in [3.8, 4) is 0 Å². The number of rotatable bonds is 2. The molecule has 2 heteroatoms. The average Bonchev–Trinajstić information content (AvgIpc) is 2.54. The predicted octanol–water partition coefficient (Wildman–Crippen LogP) is 1.64. The van der Waals surface area contributed by atoms with E-state index in [1.165, 1.54) is 12.8 Å². The standard InChI is InChI=1S/C12H23NO/c1-7(2)9-8-5-6-12(9,3)11(14)10(8)13-4/h7-11,13-14H,5-6H2,1-4H3/t8?,9?,10?,11?,12-/m1/s1. The first-order chi connectivity index (χ1) is 6.52. The molecule has 0 saturated heterocycles. The summed E-state index contributed by atoms with van der Waals surface area (Å²) >= 11 is 0. The number of aliphatic hydroxyl groups excluding tert-OH is 1. The molecule has 4 unspecified atom stereocenters. The lowest BCUT2D eigenvalue weighted by atomic mass is 9.74. The molecule has 2 N–H and O–H groups in total. The van der Waals surface area contributed by atoms with Gasteiger partial charge in [-0.15, -0.1) is 0 Å². The van der Waals surface area contributed by atoms with E-state index in [1.807, 2.05) is 7.05 Å². The highest BCUT2D eigenvalue weighted by Gasteiger charge is 2.61. The van der Waals surface area contributed by atoms with E-state index in [4.69, 9.17) is 0 Å². The summed E-state index contributed by atoms with van der Waals surface area (Å²) < 4.78 is 0. The molecule has 2 nitrogen and oxygen atoms in total. The zero-order chi connectivity index (χ0) is 10.5. The minimum Gasteiger partial charge on any atom is -0.391 e. The van der Waals surface area contributed by atoms with Gasteiger partial charge in [-0.1, -0.05) is 20.8 Å². The lowest BCUT2D eigenvalue weighted by Crippen LogP contribution is -2.45. The summed E-state index contributed by atoms with van der Waals surface area (Å²) in [7, 11) is 1.98. The molecule has 0 aliphatic heterocycles. The van der Waals surface area contributed by atoms with Crippen molar-refractivity contribution in [1.29, 1.82) is 0 Å². The largest absolute Gasteiger partial charge is 0.391 e. The van der Waals surface area contributed by atoms with Gasteiger partial charge in [0.15, 0.2) is 0 Å². The van der Waals surface area contributed by atoms with Gasteiger partial charge in [-0.05, 0) is 43.1 Å². The van der Waals surface area contributed by atoms with Gasteiger partial charge in [0.1, 0.15) is 0 Å². The Kier molecular flexibility index (Phi) is 2.39. The first-order valence-electron chi connectivity index (χ1n) is 5.87. The highest BCUT2D eigenvalue weighted by molar-refractivity contribution is 5.12. The average molecular weight is 197 g/mol. The molecule has 82 valence electrons. The van der Waals surface area contributed by atoms with E-state index >= 15 is 0 Å². The summed E-state index contributed by atoms with van der Waals surface area (Å²) in [5.74, 6) is 2.09. The third kappa shape index (κ3) is 1.10. The fourth-order valence-corrected chi connectivity index (χ4v) is 4.33. The van der Waals surface area contributed by atoms with E-state index < -0.39 is 0 Å². The molecule has 5 atom stereocenters. The Balaban J connectivity index is 2.30. The van der Waals surface area contributed by atoms with Crippen LogP contribution >= 0.6 is 0 Å². The van der Waals surface area contributed by atoms with Crippen molar-refractivity contribution >= 4 is 0 Å². The zero-order valence-corrected chi connectivity index (χ0v) is 9.75. The Morgan fingerprint density at radius 1 is 1.43 bits per heavy atom. The molecule has 0 aromatic carbocycles. The summed E-state index contributed by atoms with van der Waals surface area (Å²) in [5, 5.41) is 13.6. The monoisotopic (exact) mass is 197 g/mol. The van der Waals surface area contributed by atoms with Gasteiger partial charge in [-0.2, -0.15) is 0 Å². The molecule has 0 aromatic rings. The second-order valence-electron chi connectivity index (χ2n) is 5.74. The van der Waals surface area contributed by atoms with Crippen LogP contribution in [-0.4, -0.2) is 24.3 Å². The van der Waals surface area contributed by atoms with Crippen molar-refractivity contribution in [2.45, 2.75) is 45.8 Å². The Morgan fingerprint density at radius 2 is 2.07 bits per heavy atom. The Hall–Kier alpha value is -0.0800. The van der Waals surface area contributed by atoms with Crippen LogP contribution in [0.2, 0.25) is 0 Å². The maximum absolute atomic E-state index is 10.3. The molecule has 0 aromatic heterocycles. The van der Waals surface area contributed by atoms with Crippen LogP contribution in [0.4, 0.5) is 0 Å².